The molecular formula is C15H29NO2. The van der Waals surface area contributed by atoms with Crippen LogP contribution < -0.4 is 5.32 Å². The van der Waals surface area contributed by atoms with Crippen molar-refractivity contribution in [2.45, 2.75) is 71.4 Å². The molecule has 3 heteroatoms. The molecule has 0 aromatic rings. The maximum atomic E-state index is 11.2. The van der Waals surface area contributed by atoms with Crippen molar-refractivity contribution >= 4 is 5.97 Å². The Morgan fingerprint density at radius 2 is 2.06 bits per heavy atom. The average molecular weight is 255 g/mol. The van der Waals surface area contributed by atoms with Gasteiger partial charge < -0.3 is 10.1 Å². The van der Waals surface area contributed by atoms with E-state index in [1.54, 1.807) is 0 Å². The van der Waals surface area contributed by atoms with Gasteiger partial charge in [-0.15, -0.1) is 0 Å². The normalized spacial score (nSPS) is 26.1. The summed E-state index contributed by atoms with van der Waals surface area (Å²) in [5.41, 5.74) is 0. The Morgan fingerprint density at radius 3 is 2.67 bits per heavy atom. The zero-order valence-electron chi connectivity index (χ0n) is 12.4. The molecule has 0 spiro atoms. The molecule has 0 bridgehead atoms. The van der Waals surface area contributed by atoms with Gasteiger partial charge in [0.2, 0.25) is 0 Å². The van der Waals surface area contributed by atoms with E-state index in [2.05, 4.69) is 26.1 Å². The molecule has 1 aliphatic carbocycles. The van der Waals surface area contributed by atoms with E-state index in [0.717, 1.165) is 11.8 Å². The van der Waals surface area contributed by atoms with Gasteiger partial charge in [-0.1, -0.05) is 26.7 Å². The number of nitrogens with one attached hydrogen (secondary N) is 1. The summed E-state index contributed by atoms with van der Waals surface area (Å²) in [7, 11) is 1.45. The van der Waals surface area contributed by atoms with E-state index in [-0.39, 0.29) is 12.0 Å². The Bertz CT molecular complexity index is 253. The van der Waals surface area contributed by atoms with Crippen LogP contribution in [-0.2, 0) is 9.53 Å². The highest BCUT2D eigenvalue weighted by atomic mass is 16.5. The van der Waals surface area contributed by atoms with Crippen molar-refractivity contribution in [3.63, 3.8) is 0 Å². The molecule has 1 fully saturated rings. The molecule has 3 atom stereocenters. The van der Waals surface area contributed by atoms with Crippen molar-refractivity contribution in [3.05, 3.63) is 0 Å². The smallest absolute Gasteiger partial charge is 0.307 e. The van der Waals surface area contributed by atoms with E-state index >= 15 is 0 Å². The van der Waals surface area contributed by atoms with Crippen molar-refractivity contribution < 1.29 is 9.53 Å². The lowest BCUT2D eigenvalue weighted by molar-refractivity contribution is -0.141. The van der Waals surface area contributed by atoms with Crippen LogP contribution in [0.25, 0.3) is 0 Å². The first kappa shape index (κ1) is 15.5. The van der Waals surface area contributed by atoms with Crippen molar-refractivity contribution in [3.8, 4) is 0 Å². The topological polar surface area (TPSA) is 38.3 Å². The van der Waals surface area contributed by atoms with E-state index < -0.39 is 0 Å². The second-order valence-electron chi connectivity index (χ2n) is 6.21. The minimum Gasteiger partial charge on any atom is -0.469 e. The van der Waals surface area contributed by atoms with E-state index in [1.807, 2.05) is 0 Å². The van der Waals surface area contributed by atoms with Gasteiger partial charge in [0.1, 0.15) is 0 Å². The number of ether oxygens (including phenoxy) is 1. The fourth-order valence-corrected chi connectivity index (χ4v) is 3.12. The molecular weight excluding hydrogens is 226 g/mol. The van der Waals surface area contributed by atoms with Gasteiger partial charge >= 0.3 is 5.97 Å². The first-order valence-corrected chi connectivity index (χ1v) is 7.34. The van der Waals surface area contributed by atoms with Crippen molar-refractivity contribution in [2.75, 3.05) is 7.11 Å². The summed E-state index contributed by atoms with van der Waals surface area (Å²) in [6.07, 6.45) is 7.02. The fourth-order valence-electron chi connectivity index (χ4n) is 3.12. The lowest BCUT2D eigenvalue weighted by atomic mass is 9.81. The third-order valence-electron chi connectivity index (χ3n) is 3.81. The number of carbonyl (C=O) groups is 1. The highest BCUT2D eigenvalue weighted by molar-refractivity contribution is 5.69. The van der Waals surface area contributed by atoms with Crippen LogP contribution in [0.1, 0.15) is 59.3 Å². The molecule has 1 N–H and O–H groups in total. The van der Waals surface area contributed by atoms with Gasteiger partial charge in [0.25, 0.3) is 0 Å². The van der Waals surface area contributed by atoms with Gasteiger partial charge in [-0.25, -0.2) is 0 Å². The molecule has 106 valence electrons. The molecule has 0 saturated heterocycles. The lowest BCUT2D eigenvalue weighted by Gasteiger charge is -2.32. The lowest BCUT2D eigenvalue weighted by Crippen LogP contribution is -2.41. The molecule has 0 aromatic carbocycles. The summed E-state index contributed by atoms with van der Waals surface area (Å²) in [6.45, 7) is 6.68. The third-order valence-corrected chi connectivity index (χ3v) is 3.81. The Labute approximate surface area is 112 Å². The van der Waals surface area contributed by atoms with Gasteiger partial charge in [0, 0.05) is 12.1 Å². The summed E-state index contributed by atoms with van der Waals surface area (Å²) in [4.78, 5) is 11.2. The van der Waals surface area contributed by atoms with Crippen LogP contribution in [0.15, 0.2) is 0 Å². The molecule has 0 heterocycles. The average Bonchev–Trinajstić information content (AvgIpc) is 2.28. The zero-order valence-corrected chi connectivity index (χ0v) is 12.4. The number of hydrogen-bond acceptors (Lipinski definition) is 3. The highest BCUT2D eigenvalue weighted by Crippen LogP contribution is 2.29. The first-order chi connectivity index (χ1) is 8.51. The van der Waals surface area contributed by atoms with Crippen LogP contribution in [0.4, 0.5) is 0 Å². The molecule has 0 aromatic heterocycles. The van der Waals surface area contributed by atoms with E-state index in [0.29, 0.717) is 12.5 Å². The molecule has 3 nitrogen and oxygen atoms in total. The van der Waals surface area contributed by atoms with Gasteiger partial charge in [0.15, 0.2) is 0 Å². The standard InChI is InChI=1S/C15H29NO2/c1-11(2)8-13-6-5-7-14(10-13)16-12(3)9-15(17)18-4/h11-14,16H,5-10H2,1-4H3. The van der Waals surface area contributed by atoms with Crippen molar-refractivity contribution in [1.82, 2.24) is 5.32 Å². The SMILES string of the molecule is COC(=O)CC(C)NC1CCCC(CC(C)C)C1. The largest absolute Gasteiger partial charge is 0.469 e. The summed E-state index contributed by atoms with van der Waals surface area (Å²) in [5, 5.41) is 3.59. The minimum absolute atomic E-state index is 0.121. The molecule has 0 radical (unpaired) electrons. The fraction of sp³-hybridized carbons (Fsp3) is 0.933. The van der Waals surface area contributed by atoms with Crippen LogP contribution in [0, 0.1) is 11.8 Å². The summed E-state index contributed by atoms with van der Waals surface area (Å²) in [5.74, 6) is 1.53. The quantitative estimate of drug-likeness (QED) is 0.741. The summed E-state index contributed by atoms with van der Waals surface area (Å²) in [6, 6.07) is 0.808. The van der Waals surface area contributed by atoms with Gasteiger partial charge in [-0.3, -0.25) is 4.79 Å². The molecule has 0 amide bonds. The number of hydrogen-bond donors (Lipinski definition) is 1. The predicted octanol–water partition coefficient (Wildman–Crippen LogP) is 3.13. The molecule has 3 unspecified atom stereocenters. The van der Waals surface area contributed by atoms with Crippen LogP contribution in [0.2, 0.25) is 0 Å². The van der Waals surface area contributed by atoms with Gasteiger partial charge in [-0.2, -0.15) is 0 Å². The second kappa shape index (κ2) is 7.78. The van der Waals surface area contributed by atoms with Crippen LogP contribution >= 0.6 is 0 Å². The highest BCUT2D eigenvalue weighted by Gasteiger charge is 2.24. The molecule has 1 aliphatic rings. The van der Waals surface area contributed by atoms with Crippen molar-refractivity contribution in [1.29, 1.82) is 0 Å². The molecule has 0 aliphatic heterocycles. The van der Waals surface area contributed by atoms with Gasteiger partial charge in [-0.05, 0) is 38.0 Å². The third kappa shape index (κ3) is 5.85. The predicted molar refractivity (Wildman–Crippen MR) is 74.4 cm³/mol. The van der Waals surface area contributed by atoms with Crippen molar-refractivity contribution in [2.24, 2.45) is 11.8 Å². The Hall–Kier alpha value is -0.570. The maximum Gasteiger partial charge on any atom is 0.307 e. The Balaban J connectivity index is 2.30. The first-order valence-electron chi connectivity index (χ1n) is 7.34. The van der Waals surface area contributed by atoms with E-state index in [1.165, 1.54) is 39.2 Å². The van der Waals surface area contributed by atoms with Gasteiger partial charge in [0.05, 0.1) is 13.5 Å². The van der Waals surface area contributed by atoms with E-state index in [9.17, 15) is 4.79 Å². The second-order valence-corrected chi connectivity index (χ2v) is 6.21. The number of carbonyl (C=O) groups excluding carboxylic acids is 1. The molecule has 1 saturated carbocycles. The van der Waals surface area contributed by atoms with Crippen LogP contribution in [0.3, 0.4) is 0 Å². The summed E-state index contributed by atoms with van der Waals surface area (Å²) < 4.78 is 4.70. The van der Waals surface area contributed by atoms with Crippen LogP contribution in [0.5, 0.6) is 0 Å². The Kier molecular flexibility index (Phi) is 6.69. The number of esters is 1. The molecule has 18 heavy (non-hydrogen) atoms. The molecule has 1 rings (SSSR count). The minimum atomic E-state index is -0.121. The Morgan fingerprint density at radius 1 is 1.33 bits per heavy atom. The van der Waals surface area contributed by atoms with E-state index in [4.69, 9.17) is 4.74 Å². The number of methoxy groups -OCH3 is 1. The summed E-state index contributed by atoms with van der Waals surface area (Å²) >= 11 is 0. The maximum absolute atomic E-state index is 11.2. The van der Waals surface area contributed by atoms with Crippen LogP contribution in [-0.4, -0.2) is 25.2 Å². The zero-order chi connectivity index (χ0) is 13.5. The number of rotatable bonds is 6. The monoisotopic (exact) mass is 255 g/mol.